The highest BCUT2D eigenvalue weighted by Crippen LogP contribution is 2.20. The van der Waals surface area contributed by atoms with Crippen LogP contribution in [-0.2, 0) is 6.54 Å². The van der Waals surface area contributed by atoms with Crippen LogP contribution in [0.4, 0.5) is 11.8 Å². The number of nitrogens with one attached hydrogen (secondary N) is 3. The van der Waals surface area contributed by atoms with E-state index in [1.54, 1.807) is 6.33 Å². The molecular formula is C13H17N7O. The molecule has 0 radical (unpaired) electrons. The molecule has 0 aliphatic heterocycles. The quantitative estimate of drug-likeness (QED) is 0.659. The Bertz CT molecular complexity index is 742. The summed E-state index contributed by atoms with van der Waals surface area (Å²) in [5.74, 6) is 2.06. The minimum absolute atomic E-state index is 0.554. The second kappa shape index (κ2) is 5.39. The Morgan fingerprint density at radius 2 is 2.10 bits per heavy atom. The molecule has 3 N–H and O–H groups in total. The molecule has 0 bridgehead atoms. The van der Waals surface area contributed by atoms with Crippen molar-refractivity contribution in [2.45, 2.75) is 27.3 Å². The summed E-state index contributed by atoms with van der Waals surface area (Å²) in [6.07, 6.45) is 1.61. The predicted octanol–water partition coefficient (Wildman–Crippen LogP) is 2.00. The molecule has 3 aromatic rings. The zero-order valence-electron chi connectivity index (χ0n) is 12.2. The molecule has 0 unspecified atom stereocenters. The molecule has 3 heterocycles. The minimum atomic E-state index is 0.554. The van der Waals surface area contributed by atoms with E-state index in [2.05, 4.69) is 35.7 Å². The summed E-state index contributed by atoms with van der Waals surface area (Å²) in [7, 11) is 0. The van der Waals surface area contributed by atoms with Crippen LogP contribution in [0.3, 0.4) is 0 Å². The molecule has 110 valence electrons. The van der Waals surface area contributed by atoms with Crippen LogP contribution >= 0.6 is 0 Å². The number of aryl methyl sites for hydroxylation is 2. The number of aromatic amines is 1. The van der Waals surface area contributed by atoms with Gasteiger partial charge in [0.1, 0.15) is 11.3 Å². The number of aromatic nitrogens is 5. The van der Waals surface area contributed by atoms with Crippen LogP contribution in [0.15, 0.2) is 10.9 Å². The third-order valence-electron chi connectivity index (χ3n) is 3.23. The number of imidazole rings is 1. The van der Waals surface area contributed by atoms with Crippen LogP contribution in [0.5, 0.6) is 0 Å². The van der Waals surface area contributed by atoms with Crippen LogP contribution in [0.25, 0.3) is 11.2 Å². The molecule has 21 heavy (non-hydrogen) atoms. The van der Waals surface area contributed by atoms with Crippen LogP contribution < -0.4 is 10.6 Å². The van der Waals surface area contributed by atoms with Crippen molar-refractivity contribution in [3.63, 3.8) is 0 Å². The third kappa shape index (κ3) is 2.51. The van der Waals surface area contributed by atoms with Gasteiger partial charge in [-0.25, -0.2) is 4.98 Å². The number of hydrogen-bond acceptors (Lipinski definition) is 7. The number of nitrogens with zero attached hydrogens (tertiary/aromatic N) is 4. The normalized spacial score (nSPS) is 11.0. The second-order valence-electron chi connectivity index (χ2n) is 4.68. The van der Waals surface area contributed by atoms with E-state index >= 15 is 0 Å². The fraction of sp³-hybridized carbons (Fsp3) is 0.385. The van der Waals surface area contributed by atoms with E-state index in [9.17, 15) is 0 Å². The first-order valence-electron chi connectivity index (χ1n) is 6.79. The van der Waals surface area contributed by atoms with E-state index in [1.165, 1.54) is 0 Å². The van der Waals surface area contributed by atoms with Crippen molar-refractivity contribution in [2.24, 2.45) is 0 Å². The smallest absolute Gasteiger partial charge is 0.226 e. The van der Waals surface area contributed by atoms with Crippen molar-refractivity contribution < 1.29 is 4.52 Å². The second-order valence-corrected chi connectivity index (χ2v) is 4.68. The minimum Gasteiger partial charge on any atom is -0.364 e. The van der Waals surface area contributed by atoms with E-state index in [0.717, 1.165) is 29.1 Å². The van der Waals surface area contributed by atoms with Gasteiger partial charge in [-0.1, -0.05) is 5.16 Å². The average molecular weight is 287 g/mol. The largest absolute Gasteiger partial charge is 0.364 e. The van der Waals surface area contributed by atoms with Gasteiger partial charge >= 0.3 is 0 Å². The molecule has 0 atom stereocenters. The van der Waals surface area contributed by atoms with Gasteiger partial charge in [-0.3, -0.25) is 0 Å². The summed E-state index contributed by atoms with van der Waals surface area (Å²) in [4.78, 5) is 16.0. The maximum atomic E-state index is 5.16. The van der Waals surface area contributed by atoms with Crippen LogP contribution in [0.2, 0.25) is 0 Å². The van der Waals surface area contributed by atoms with Gasteiger partial charge in [0.15, 0.2) is 11.5 Å². The van der Waals surface area contributed by atoms with Gasteiger partial charge in [0, 0.05) is 18.7 Å². The maximum absolute atomic E-state index is 5.16. The molecule has 0 saturated carbocycles. The molecule has 0 aromatic carbocycles. The Kier molecular flexibility index (Phi) is 3.43. The summed E-state index contributed by atoms with van der Waals surface area (Å²) in [5, 5.41) is 10.3. The van der Waals surface area contributed by atoms with Gasteiger partial charge in [-0.15, -0.1) is 0 Å². The molecule has 3 rings (SSSR count). The molecule has 0 aliphatic rings. The van der Waals surface area contributed by atoms with Crippen LogP contribution in [0, 0.1) is 13.8 Å². The Morgan fingerprint density at radius 3 is 2.81 bits per heavy atom. The van der Waals surface area contributed by atoms with Crippen molar-refractivity contribution in [3.05, 3.63) is 23.3 Å². The summed E-state index contributed by atoms with van der Waals surface area (Å²) >= 11 is 0. The Morgan fingerprint density at radius 1 is 1.24 bits per heavy atom. The lowest BCUT2D eigenvalue weighted by Crippen LogP contribution is -2.08. The zero-order valence-corrected chi connectivity index (χ0v) is 12.2. The first kappa shape index (κ1) is 13.3. The molecule has 0 amide bonds. The van der Waals surface area contributed by atoms with E-state index in [0.29, 0.717) is 24.0 Å². The molecular weight excluding hydrogens is 270 g/mol. The number of hydrogen-bond donors (Lipinski definition) is 3. The topological polar surface area (TPSA) is 105 Å². The monoisotopic (exact) mass is 287 g/mol. The number of rotatable bonds is 5. The summed E-state index contributed by atoms with van der Waals surface area (Å²) in [5.41, 5.74) is 3.32. The number of fused-ring (bicyclic) bond motifs is 1. The third-order valence-corrected chi connectivity index (χ3v) is 3.23. The van der Waals surface area contributed by atoms with Crippen molar-refractivity contribution in [1.82, 2.24) is 25.1 Å². The van der Waals surface area contributed by atoms with Gasteiger partial charge < -0.3 is 20.1 Å². The zero-order chi connectivity index (χ0) is 14.8. The molecule has 0 fully saturated rings. The molecule has 0 saturated heterocycles. The Hall–Kier alpha value is -2.64. The van der Waals surface area contributed by atoms with E-state index in [1.807, 2.05) is 20.8 Å². The highest BCUT2D eigenvalue weighted by Gasteiger charge is 2.12. The Balaban J connectivity index is 1.90. The van der Waals surface area contributed by atoms with Gasteiger partial charge in [-0.05, 0) is 20.8 Å². The van der Waals surface area contributed by atoms with Crippen molar-refractivity contribution in [2.75, 3.05) is 17.2 Å². The van der Waals surface area contributed by atoms with E-state index in [-0.39, 0.29) is 0 Å². The molecule has 3 aromatic heterocycles. The fourth-order valence-electron chi connectivity index (χ4n) is 2.12. The Labute approximate surface area is 121 Å². The molecule has 8 heteroatoms. The molecule has 0 aliphatic carbocycles. The lowest BCUT2D eigenvalue weighted by atomic mass is 10.2. The van der Waals surface area contributed by atoms with Gasteiger partial charge in [-0.2, -0.15) is 9.97 Å². The van der Waals surface area contributed by atoms with Crippen LogP contribution in [0.1, 0.15) is 23.9 Å². The first-order valence-corrected chi connectivity index (χ1v) is 6.79. The molecule has 8 nitrogen and oxygen atoms in total. The predicted molar refractivity (Wildman–Crippen MR) is 79.2 cm³/mol. The highest BCUT2D eigenvalue weighted by atomic mass is 16.5. The standard InChI is InChI=1S/C13H17N7O/c1-4-14-13-18-11(10-12(19-13)17-6-16-10)15-5-9-7(2)20-21-8(9)3/h6H,4-5H2,1-3H3,(H3,14,15,16,17,18,19). The fourth-order valence-corrected chi connectivity index (χ4v) is 2.12. The van der Waals surface area contributed by atoms with Gasteiger partial charge in [0.25, 0.3) is 0 Å². The van der Waals surface area contributed by atoms with E-state index in [4.69, 9.17) is 4.52 Å². The van der Waals surface area contributed by atoms with E-state index < -0.39 is 0 Å². The SMILES string of the molecule is CCNc1nc(NCc2c(C)noc2C)c2[nH]cnc2n1. The number of anilines is 2. The van der Waals surface area contributed by atoms with Crippen molar-refractivity contribution in [3.8, 4) is 0 Å². The summed E-state index contributed by atoms with van der Waals surface area (Å²) in [6, 6.07) is 0. The first-order chi connectivity index (χ1) is 10.2. The van der Waals surface area contributed by atoms with Crippen molar-refractivity contribution in [1.29, 1.82) is 0 Å². The summed E-state index contributed by atoms with van der Waals surface area (Å²) in [6.45, 7) is 7.14. The van der Waals surface area contributed by atoms with Crippen LogP contribution in [-0.4, -0.2) is 31.6 Å². The summed E-state index contributed by atoms with van der Waals surface area (Å²) < 4.78 is 5.16. The molecule has 0 spiro atoms. The highest BCUT2D eigenvalue weighted by molar-refractivity contribution is 5.83. The lowest BCUT2D eigenvalue weighted by molar-refractivity contribution is 0.392. The van der Waals surface area contributed by atoms with Crippen molar-refractivity contribution >= 4 is 22.9 Å². The average Bonchev–Trinajstić information content (AvgIpc) is 3.05. The number of H-pyrrole nitrogens is 1. The van der Waals surface area contributed by atoms with Gasteiger partial charge in [0.2, 0.25) is 5.95 Å². The van der Waals surface area contributed by atoms with Gasteiger partial charge in [0.05, 0.1) is 12.0 Å². The maximum Gasteiger partial charge on any atom is 0.226 e. The lowest BCUT2D eigenvalue weighted by Gasteiger charge is -2.08.